The quantitative estimate of drug-likeness (QED) is 0.622. The highest BCUT2D eigenvalue weighted by Crippen LogP contribution is 2.69. The standard InChI is InChI=1S/C4F8.H3N/c5-1(6)2(7,8)4(11,12)3(1,9)10;/h;1H3. The molecule has 1 rings (SSSR count). The summed E-state index contributed by atoms with van der Waals surface area (Å²) in [5, 5.41) is 0. The van der Waals surface area contributed by atoms with Crippen LogP contribution in [0.2, 0.25) is 0 Å². The van der Waals surface area contributed by atoms with Crippen LogP contribution in [0.25, 0.3) is 0 Å². The van der Waals surface area contributed by atoms with Crippen molar-refractivity contribution < 1.29 is 35.1 Å². The van der Waals surface area contributed by atoms with E-state index in [-0.39, 0.29) is 6.15 Å². The zero-order valence-electron chi connectivity index (χ0n) is 5.73. The smallest absolute Gasteiger partial charge is 0.344 e. The van der Waals surface area contributed by atoms with Gasteiger partial charge in [-0.05, 0) is 0 Å². The highest BCUT2D eigenvalue weighted by atomic mass is 19.4. The van der Waals surface area contributed by atoms with Gasteiger partial charge in [0.15, 0.2) is 0 Å². The summed E-state index contributed by atoms with van der Waals surface area (Å²) in [5.74, 6) is -23.9. The van der Waals surface area contributed by atoms with Crippen LogP contribution in [0.5, 0.6) is 0 Å². The molecule has 9 heteroatoms. The summed E-state index contributed by atoms with van der Waals surface area (Å²) in [4.78, 5) is 0. The van der Waals surface area contributed by atoms with E-state index in [0.29, 0.717) is 0 Å². The van der Waals surface area contributed by atoms with Gasteiger partial charge in [-0.3, -0.25) is 0 Å². The fourth-order valence-electron chi connectivity index (χ4n) is 0.726. The highest BCUT2D eigenvalue weighted by molar-refractivity contribution is 5.22. The molecule has 0 heterocycles. The van der Waals surface area contributed by atoms with Crippen LogP contribution in [0.3, 0.4) is 0 Å². The van der Waals surface area contributed by atoms with E-state index < -0.39 is 23.7 Å². The Bertz CT molecular complexity index is 156. The van der Waals surface area contributed by atoms with E-state index in [1.807, 2.05) is 0 Å². The zero-order chi connectivity index (χ0) is 10.0. The van der Waals surface area contributed by atoms with Gasteiger partial charge in [0, 0.05) is 0 Å². The predicted molar refractivity (Wildman–Crippen MR) is 24.8 cm³/mol. The number of rotatable bonds is 0. The maximum atomic E-state index is 11.6. The number of hydrogen-bond acceptors (Lipinski definition) is 1. The Morgan fingerprint density at radius 2 is 0.462 bits per heavy atom. The van der Waals surface area contributed by atoms with Crippen molar-refractivity contribution >= 4 is 0 Å². The van der Waals surface area contributed by atoms with Crippen molar-refractivity contribution in [3.05, 3.63) is 0 Å². The minimum Gasteiger partial charge on any atom is -0.344 e. The fraction of sp³-hybridized carbons (Fsp3) is 1.00. The Morgan fingerprint density at radius 3 is 0.538 bits per heavy atom. The topological polar surface area (TPSA) is 35.0 Å². The summed E-state index contributed by atoms with van der Waals surface area (Å²) >= 11 is 0. The Hall–Kier alpha value is -0.600. The summed E-state index contributed by atoms with van der Waals surface area (Å²) in [6.45, 7) is 0. The molecule has 0 aromatic heterocycles. The molecule has 1 aliphatic carbocycles. The van der Waals surface area contributed by atoms with Crippen LogP contribution in [-0.2, 0) is 0 Å². The molecule has 13 heavy (non-hydrogen) atoms. The van der Waals surface area contributed by atoms with E-state index in [9.17, 15) is 35.1 Å². The number of halogens is 8. The summed E-state index contributed by atoms with van der Waals surface area (Å²) in [7, 11) is 0. The first-order valence-corrected chi connectivity index (χ1v) is 2.51. The first-order chi connectivity index (χ1) is 5.00. The van der Waals surface area contributed by atoms with Crippen LogP contribution >= 0.6 is 0 Å². The molecule has 1 nitrogen and oxygen atoms in total. The molecule has 0 bridgehead atoms. The minimum atomic E-state index is -5.97. The molecule has 1 aliphatic rings. The normalized spacial score (nSPS) is 31.4. The summed E-state index contributed by atoms with van der Waals surface area (Å²) < 4.78 is 92.9. The van der Waals surface area contributed by atoms with E-state index in [4.69, 9.17) is 0 Å². The van der Waals surface area contributed by atoms with Gasteiger partial charge in [-0.2, -0.15) is 35.1 Å². The van der Waals surface area contributed by atoms with E-state index >= 15 is 0 Å². The van der Waals surface area contributed by atoms with Crippen molar-refractivity contribution in [1.82, 2.24) is 6.15 Å². The minimum absolute atomic E-state index is 0. The monoisotopic (exact) mass is 217 g/mol. The molecule has 0 saturated heterocycles. The number of alkyl halides is 8. The van der Waals surface area contributed by atoms with Crippen molar-refractivity contribution in [3.63, 3.8) is 0 Å². The number of hydrogen-bond donors (Lipinski definition) is 1. The predicted octanol–water partition coefficient (Wildman–Crippen LogP) is 2.70. The molecule has 3 N–H and O–H groups in total. The second-order valence-corrected chi connectivity index (χ2v) is 2.30. The average molecular weight is 217 g/mol. The lowest BCUT2D eigenvalue weighted by atomic mass is 9.80. The zero-order valence-corrected chi connectivity index (χ0v) is 5.73. The molecule has 1 saturated carbocycles. The van der Waals surface area contributed by atoms with Gasteiger partial charge in [-0.25, -0.2) is 0 Å². The van der Waals surface area contributed by atoms with Gasteiger partial charge in [-0.15, -0.1) is 0 Å². The highest BCUT2D eigenvalue weighted by Gasteiger charge is 3.01. The van der Waals surface area contributed by atoms with E-state index in [2.05, 4.69) is 0 Å². The van der Waals surface area contributed by atoms with Crippen molar-refractivity contribution in [2.24, 2.45) is 0 Å². The third-order valence-electron chi connectivity index (χ3n) is 1.58. The van der Waals surface area contributed by atoms with Crippen molar-refractivity contribution in [2.75, 3.05) is 0 Å². The van der Waals surface area contributed by atoms with E-state index in [1.54, 1.807) is 0 Å². The van der Waals surface area contributed by atoms with Crippen molar-refractivity contribution in [1.29, 1.82) is 0 Å². The fourth-order valence-corrected chi connectivity index (χ4v) is 0.726. The lowest BCUT2D eigenvalue weighted by Crippen LogP contribution is -2.82. The Kier molecular flexibility index (Phi) is 2.15. The van der Waals surface area contributed by atoms with Crippen LogP contribution in [0.15, 0.2) is 0 Å². The molecule has 0 spiro atoms. The molecule has 0 atom stereocenters. The van der Waals surface area contributed by atoms with Gasteiger partial charge in [0.1, 0.15) is 0 Å². The molecule has 0 aliphatic heterocycles. The molecular weight excluding hydrogens is 214 g/mol. The van der Waals surface area contributed by atoms with Crippen molar-refractivity contribution in [3.8, 4) is 0 Å². The Morgan fingerprint density at radius 1 is 0.385 bits per heavy atom. The van der Waals surface area contributed by atoms with Gasteiger partial charge in [-0.1, -0.05) is 0 Å². The van der Waals surface area contributed by atoms with Gasteiger partial charge in [0.25, 0.3) is 0 Å². The molecule has 0 aromatic rings. The van der Waals surface area contributed by atoms with Gasteiger partial charge < -0.3 is 6.15 Å². The summed E-state index contributed by atoms with van der Waals surface area (Å²) in [6, 6.07) is 0. The van der Waals surface area contributed by atoms with Crippen LogP contribution in [0, 0.1) is 0 Å². The second-order valence-electron chi connectivity index (χ2n) is 2.30. The van der Waals surface area contributed by atoms with Crippen LogP contribution < -0.4 is 6.15 Å². The molecule has 0 radical (unpaired) electrons. The molecular formula is C4H3F8N. The van der Waals surface area contributed by atoms with E-state index in [0.717, 1.165) is 0 Å². The molecule has 0 unspecified atom stereocenters. The van der Waals surface area contributed by atoms with E-state index in [1.165, 1.54) is 0 Å². The molecule has 80 valence electrons. The Balaban J connectivity index is 0.00000144. The van der Waals surface area contributed by atoms with Crippen LogP contribution in [-0.4, -0.2) is 23.7 Å². The molecule has 0 aromatic carbocycles. The molecule has 1 fully saturated rings. The second kappa shape index (κ2) is 2.25. The summed E-state index contributed by atoms with van der Waals surface area (Å²) in [6.07, 6.45) is 0. The third kappa shape index (κ3) is 0.804. The first-order valence-electron chi connectivity index (χ1n) is 2.51. The van der Waals surface area contributed by atoms with Crippen molar-refractivity contribution in [2.45, 2.75) is 23.7 Å². The maximum absolute atomic E-state index is 11.6. The largest absolute Gasteiger partial charge is 0.385 e. The van der Waals surface area contributed by atoms with Crippen LogP contribution in [0.1, 0.15) is 0 Å². The summed E-state index contributed by atoms with van der Waals surface area (Å²) in [5.41, 5.74) is 0. The van der Waals surface area contributed by atoms with Gasteiger partial charge in [0.05, 0.1) is 0 Å². The third-order valence-corrected chi connectivity index (χ3v) is 1.58. The molecule has 0 amide bonds. The maximum Gasteiger partial charge on any atom is 0.385 e. The Labute approximate surface area is 66.3 Å². The first kappa shape index (κ1) is 12.4. The van der Waals surface area contributed by atoms with Gasteiger partial charge in [0.2, 0.25) is 0 Å². The lowest BCUT2D eigenvalue weighted by Gasteiger charge is -2.49. The van der Waals surface area contributed by atoms with Gasteiger partial charge >= 0.3 is 23.7 Å². The average Bonchev–Trinajstić information content (AvgIpc) is 1.84. The lowest BCUT2D eigenvalue weighted by molar-refractivity contribution is -0.506. The van der Waals surface area contributed by atoms with Crippen LogP contribution in [0.4, 0.5) is 35.1 Å². The SMILES string of the molecule is FC1(F)C(F)(F)C(F)(F)C1(F)F.N.